The van der Waals surface area contributed by atoms with Crippen LogP contribution < -0.4 is 0 Å². The van der Waals surface area contributed by atoms with Gasteiger partial charge in [0.2, 0.25) is 5.89 Å². The normalized spacial score (nSPS) is 41.6. The lowest BCUT2D eigenvalue weighted by molar-refractivity contribution is -0.112. The predicted molar refractivity (Wildman–Crippen MR) is 129 cm³/mol. The molecule has 1 aromatic heterocycles. The highest BCUT2D eigenvalue weighted by atomic mass is 16.6. The molecule has 4 aliphatic carbocycles. The molecule has 4 fully saturated rings. The first-order chi connectivity index (χ1) is 15.8. The van der Waals surface area contributed by atoms with Gasteiger partial charge in [-0.05, 0) is 106 Å². The number of hydrogen-bond donors (Lipinski definition) is 1. The van der Waals surface area contributed by atoms with Gasteiger partial charge in [0.1, 0.15) is 12.4 Å². The van der Waals surface area contributed by atoms with Crippen LogP contribution in [0.15, 0.2) is 15.8 Å². The number of aromatic nitrogens is 1. The summed E-state index contributed by atoms with van der Waals surface area (Å²) in [6.45, 7) is 6.21. The van der Waals surface area contributed by atoms with Crippen LogP contribution in [0.4, 0.5) is 0 Å². The molecule has 7 atom stereocenters. The molecule has 6 nitrogen and oxygen atoms in total. The molecule has 0 aromatic carbocycles. The van der Waals surface area contributed by atoms with E-state index in [4.69, 9.17) is 9.25 Å². The average molecular weight is 458 g/mol. The minimum atomic E-state index is -0.0762. The van der Waals surface area contributed by atoms with Crippen LogP contribution in [0.1, 0.15) is 83.3 Å². The number of aliphatic hydroxyl groups is 1. The van der Waals surface area contributed by atoms with Crippen molar-refractivity contribution in [2.24, 2.45) is 39.7 Å². The van der Waals surface area contributed by atoms with E-state index in [0.29, 0.717) is 25.0 Å². The van der Waals surface area contributed by atoms with Gasteiger partial charge in [0.05, 0.1) is 24.6 Å². The fourth-order valence-corrected chi connectivity index (χ4v) is 8.21. The molecule has 1 heterocycles. The number of nitrogens with zero attached hydrogens (tertiary/aromatic N) is 3. The molecular formula is C27H43N3O3. The molecule has 4 unspecified atom stereocenters. The second-order valence-electron chi connectivity index (χ2n) is 12.2. The van der Waals surface area contributed by atoms with Crippen molar-refractivity contribution in [3.63, 3.8) is 0 Å². The third-order valence-corrected chi connectivity index (χ3v) is 10.1. The second-order valence-corrected chi connectivity index (χ2v) is 12.2. The maximum atomic E-state index is 10.7. The number of oxazole rings is 1. The summed E-state index contributed by atoms with van der Waals surface area (Å²) in [4.78, 5) is 12.1. The minimum absolute atomic E-state index is 0.0762. The molecule has 184 valence electrons. The SMILES string of the molecule is CN(C)Cc1ncc(CCO/N=C2/CC[C@@]3(C)C(CCC4C3CC[C@@]3(C)C4CC[C@@H]3O)C2)o1. The summed E-state index contributed by atoms with van der Waals surface area (Å²) in [5.74, 6) is 4.72. The molecule has 5 rings (SSSR count). The van der Waals surface area contributed by atoms with Crippen molar-refractivity contribution >= 4 is 5.71 Å². The van der Waals surface area contributed by atoms with Crippen molar-refractivity contribution in [1.82, 2.24) is 9.88 Å². The fraction of sp³-hybridized carbons (Fsp3) is 0.852. The predicted octanol–water partition coefficient (Wildman–Crippen LogP) is 5.05. The zero-order chi connectivity index (χ0) is 23.2. The first kappa shape index (κ1) is 23.3. The molecule has 6 heteroatoms. The topological polar surface area (TPSA) is 71.1 Å². The van der Waals surface area contributed by atoms with Crippen LogP contribution in [0.2, 0.25) is 0 Å². The van der Waals surface area contributed by atoms with Crippen LogP contribution >= 0.6 is 0 Å². The molecule has 0 radical (unpaired) electrons. The van der Waals surface area contributed by atoms with Crippen LogP contribution in [-0.4, -0.2) is 47.5 Å². The van der Waals surface area contributed by atoms with Crippen LogP contribution in [-0.2, 0) is 17.8 Å². The van der Waals surface area contributed by atoms with Crippen molar-refractivity contribution in [2.75, 3.05) is 20.7 Å². The molecule has 1 aromatic rings. The van der Waals surface area contributed by atoms with Gasteiger partial charge in [-0.25, -0.2) is 4.98 Å². The zero-order valence-corrected chi connectivity index (χ0v) is 21.1. The summed E-state index contributed by atoms with van der Waals surface area (Å²) in [5, 5.41) is 15.2. The summed E-state index contributed by atoms with van der Waals surface area (Å²) in [6.07, 6.45) is 13.3. The fourth-order valence-electron chi connectivity index (χ4n) is 8.21. The first-order valence-electron chi connectivity index (χ1n) is 13.2. The van der Waals surface area contributed by atoms with Crippen molar-refractivity contribution in [3.05, 3.63) is 17.8 Å². The highest BCUT2D eigenvalue weighted by Gasteiger charge is 2.59. The van der Waals surface area contributed by atoms with Gasteiger partial charge in [0.25, 0.3) is 0 Å². The van der Waals surface area contributed by atoms with Crippen molar-refractivity contribution in [1.29, 1.82) is 0 Å². The Balaban J connectivity index is 1.15. The summed E-state index contributed by atoms with van der Waals surface area (Å²) in [6, 6.07) is 0. The van der Waals surface area contributed by atoms with E-state index >= 15 is 0 Å². The molecule has 4 saturated carbocycles. The van der Waals surface area contributed by atoms with Crippen molar-refractivity contribution < 1.29 is 14.4 Å². The van der Waals surface area contributed by atoms with E-state index in [1.165, 1.54) is 44.2 Å². The Labute approximate surface area is 199 Å². The maximum Gasteiger partial charge on any atom is 0.208 e. The smallest absolute Gasteiger partial charge is 0.208 e. The molecule has 0 aliphatic heterocycles. The summed E-state index contributed by atoms with van der Waals surface area (Å²) in [5.41, 5.74) is 1.86. The lowest BCUT2D eigenvalue weighted by Crippen LogP contribution is -2.54. The van der Waals surface area contributed by atoms with Gasteiger partial charge in [-0.2, -0.15) is 0 Å². The Morgan fingerprint density at radius 2 is 1.94 bits per heavy atom. The van der Waals surface area contributed by atoms with E-state index in [-0.39, 0.29) is 11.5 Å². The molecule has 0 spiro atoms. The van der Waals surface area contributed by atoms with Gasteiger partial charge < -0.3 is 19.3 Å². The van der Waals surface area contributed by atoms with E-state index in [1.807, 2.05) is 19.0 Å². The third kappa shape index (κ3) is 4.27. The van der Waals surface area contributed by atoms with Crippen molar-refractivity contribution in [2.45, 2.75) is 90.7 Å². The van der Waals surface area contributed by atoms with Gasteiger partial charge in [0.15, 0.2) is 0 Å². The Morgan fingerprint density at radius 1 is 1.12 bits per heavy atom. The molecule has 0 saturated heterocycles. The molecule has 0 bridgehead atoms. The zero-order valence-electron chi connectivity index (χ0n) is 21.1. The Hall–Kier alpha value is -1.40. The standard InChI is InChI=1S/C27H43N3O3/c1-26-12-9-19(29-32-14-11-20-16-28-25(33-20)17-30(3)4)15-18(26)5-6-21-22-7-8-24(31)27(22,2)13-10-23(21)26/h16,18,21-24,31H,5-15,17H2,1-4H3/b29-19-/t18?,21?,22?,23?,24-,26-,27-/m0/s1. The van der Waals surface area contributed by atoms with Crippen LogP contribution in [0.25, 0.3) is 0 Å². The Kier molecular flexibility index (Phi) is 6.36. The van der Waals surface area contributed by atoms with E-state index in [0.717, 1.165) is 54.6 Å². The average Bonchev–Trinajstić information content (AvgIpc) is 3.34. The second kappa shape index (κ2) is 8.99. The first-order valence-corrected chi connectivity index (χ1v) is 13.2. The van der Waals surface area contributed by atoms with Gasteiger partial charge >= 0.3 is 0 Å². The number of rotatable bonds is 6. The van der Waals surface area contributed by atoms with E-state index in [2.05, 4.69) is 24.0 Å². The lowest BCUT2D eigenvalue weighted by atomic mass is 9.45. The van der Waals surface area contributed by atoms with Gasteiger partial charge in [-0.3, -0.25) is 0 Å². The molecule has 1 N–H and O–H groups in total. The number of aliphatic hydroxyl groups excluding tert-OH is 1. The number of fused-ring (bicyclic) bond motifs is 5. The number of oxime groups is 1. The van der Waals surface area contributed by atoms with Gasteiger partial charge in [-0.15, -0.1) is 0 Å². The minimum Gasteiger partial charge on any atom is -0.444 e. The molecule has 0 amide bonds. The highest BCUT2D eigenvalue weighted by Crippen LogP contribution is 2.65. The number of hydrogen-bond acceptors (Lipinski definition) is 6. The third-order valence-electron chi connectivity index (χ3n) is 10.1. The van der Waals surface area contributed by atoms with Crippen molar-refractivity contribution in [3.8, 4) is 0 Å². The van der Waals surface area contributed by atoms with Crippen LogP contribution in [0.5, 0.6) is 0 Å². The van der Waals surface area contributed by atoms with Crippen LogP contribution in [0, 0.1) is 34.5 Å². The largest absolute Gasteiger partial charge is 0.444 e. The van der Waals surface area contributed by atoms with Crippen LogP contribution in [0.3, 0.4) is 0 Å². The summed E-state index contributed by atoms with van der Waals surface area (Å²) >= 11 is 0. The van der Waals surface area contributed by atoms with Gasteiger partial charge in [0, 0.05) is 6.42 Å². The van der Waals surface area contributed by atoms with Gasteiger partial charge in [-0.1, -0.05) is 19.0 Å². The van der Waals surface area contributed by atoms with E-state index in [9.17, 15) is 5.11 Å². The monoisotopic (exact) mass is 457 g/mol. The summed E-state index contributed by atoms with van der Waals surface area (Å²) in [7, 11) is 4.02. The maximum absolute atomic E-state index is 10.7. The van der Waals surface area contributed by atoms with E-state index in [1.54, 1.807) is 6.20 Å². The Morgan fingerprint density at radius 3 is 2.76 bits per heavy atom. The lowest BCUT2D eigenvalue weighted by Gasteiger charge is -2.60. The molecule has 4 aliphatic rings. The Bertz CT molecular complexity index is 867. The van der Waals surface area contributed by atoms with E-state index < -0.39 is 0 Å². The molecular weight excluding hydrogens is 414 g/mol. The highest BCUT2D eigenvalue weighted by molar-refractivity contribution is 5.85. The quantitative estimate of drug-likeness (QED) is 0.478. The molecule has 33 heavy (non-hydrogen) atoms. The summed E-state index contributed by atoms with van der Waals surface area (Å²) < 4.78 is 5.77.